The molecular formula is C13H26N2O3. The van der Waals surface area contributed by atoms with Crippen molar-refractivity contribution in [2.75, 3.05) is 33.4 Å². The SMILES string of the molecule is COCCCNC(=O)COC1CCCCC1CN. The van der Waals surface area contributed by atoms with E-state index in [2.05, 4.69) is 5.32 Å². The third-order valence-corrected chi connectivity index (χ3v) is 3.42. The number of ether oxygens (including phenoxy) is 2. The van der Waals surface area contributed by atoms with Crippen molar-refractivity contribution in [3.8, 4) is 0 Å². The van der Waals surface area contributed by atoms with Gasteiger partial charge in [0.25, 0.3) is 0 Å². The van der Waals surface area contributed by atoms with E-state index >= 15 is 0 Å². The van der Waals surface area contributed by atoms with Gasteiger partial charge in [-0.15, -0.1) is 0 Å². The number of methoxy groups -OCH3 is 1. The molecule has 0 aromatic carbocycles. The second-order valence-electron chi connectivity index (χ2n) is 4.83. The normalized spacial score (nSPS) is 23.9. The van der Waals surface area contributed by atoms with E-state index in [4.69, 9.17) is 15.2 Å². The maximum Gasteiger partial charge on any atom is 0.246 e. The Hall–Kier alpha value is -0.650. The Morgan fingerprint density at radius 3 is 2.89 bits per heavy atom. The molecule has 18 heavy (non-hydrogen) atoms. The summed E-state index contributed by atoms with van der Waals surface area (Å²) in [5.74, 6) is 0.368. The van der Waals surface area contributed by atoms with Crippen molar-refractivity contribution in [3.63, 3.8) is 0 Å². The van der Waals surface area contributed by atoms with Crippen LogP contribution in [-0.2, 0) is 14.3 Å². The number of hydrogen-bond acceptors (Lipinski definition) is 4. The first kappa shape index (κ1) is 15.4. The standard InChI is InChI=1S/C13H26N2O3/c1-17-8-4-7-15-13(16)10-18-12-6-3-2-5-11(12)9-14/h11-12H,2-10,14H2,1H3,(H,15,16). The molecule has 2 unspecified atom stereocenters. The van der Waals surface area contributed by atoms with E-state index in [0.29, 0.717) is 25.6 Å². The van der Waals surface area contributed by atoms with E-state index < -0.39 is 0 Å². The minimum atomic E-state index is -0.0487. The first-order valence-electron chi connectivity index (χ1n) is 6.85. The molecule has 0 spiro atoms. The maximum absolute atomic E-state index is 11.5. The van der Waals surface area contributed by atoms with E-state index in [1.54, 1.807) is 7.11 Å². The van der Waals surface area contributed by atoms with Crippen LogP contribution < -0.4 is 11.1 Å². The molecule has 1 rings (SSSR count). The molecule has 5 nitrogen and oxygen atoms in total. The van der Waals surface area contributed by atoms with Crippen LogP contribution in [-0.4, -0.2) is 45.4 Å². The fourth-order valence-electron chi connectivity index (χ4n) is 2.34. The Balaban J connectivity index is 2.12. The number of carbonyl (C=O) groups excluding carboxylic acids is 1. The monoisotopic (exact) mass is 258 g/mol. The molecule has 1 fully saturated rings. The molecule has 0 radical (unpaired) electrons. The number of nitrogens with two attached hydrogens (primary N) is 1. The Morgan fingerprint density at radius 1 is 1.39 bits per heavy atom. The second kappa shape index (κ2) is 9.30. The fraction of sp³-hybridized carbons (Fsp3) is 0.923. The summed E-state index contributed by atoms with van der Waals surface area (Å²) in [5.41, 5.74) is 5.72. The highest BCUT2D eigenvalue weighted by molar-refractivity contribution is 5.77. The zero-order valence-corrected chi connectivity index (χ0v) is 11.3. The maximum atomic E-state index is 11.5. The van der Waals surface area contributed by atoms with Crippen LogP contribution in [0.3, 0.4) is 0 Å². The van der Waals surface area contributed by atoms with Crippen molar-refractivity contribution in [1.29, 1.82) is 0 Å². The van der Waals surface area contributed by atoms with Crippen LogP contribution in [0.15, 0.2) is 0 Å². The number of nitrogens with one attached hydrogen (secondary N) is 1. The minimum absolute atomic E-state index is 0.0487. The molecule has 106 valence electrons. The molecule has 1 amide bonds. The molecule has 0 aromatic rings. The largest absolute Gasteiger partial charge is 0.385 e. The van der Waals surface area contributed by atoms with E-state index in [-0.39, 0.29) is 18.6 Å². The summed E-state index contributed by atoms with van der Waals surface area (Å²) in [6.07, 6.45) is 5.54. The number of rotatable bonds is 8. The summed E-state index contributed by atoms with van der Waals surface area (Å²) in [6, 6.07) is 0. The highest BCUT2D eigenvalue weighted by atomic mass is 16.5. The van der Waals surface area contributed by atoms with E-state index in [1.807, 2.05) is 0 Å². The smallest absolute Gasteiger partial charge is 0.246 e. The van der Waals surface area contributed by atoms with Gasteiger partial charge in [0, 0.05) is 20.3 Å². The number of hydrogen-bond donors (Lipinski definition) is 2. The first-order chi connectivity index (χ1) is 8.77. The third kappa shape index (κ3) is 5.80. The van der Waals surface area contributed by atoms with Gasteiger partial charge in [-0.3, -0.25) is 4.79 Å². The lowest BCUT2D eigenvalue weighted by Gasteiger charge is -2.30. The van der Waals surface area contributed by atoms with Gasteiger partial charge in [-0.05, 0) is 31.7 Å². The Labute approximate surface area is 109 Å². The first-order valence-corrected chi connectivity index (χ1v) is 6.85. The van der Waals surface area contributed by atoms with Gasteiger partial charge in [0.2, 0.25) is 5.91 Å². The van der Waals surface area contributed by atoms with Crippen LogP contribution in [0.25, 0.3) is 0 Å². The van der Waals surface area contributed by atoms with Gasteiger partial charge in [-0.1, -0.05) is 12.8 Å². The van der Waals surface area contributed by atoms with Crippen molar-refractivity contribution < 1.29 is 14.3 Å². The zero-order valence-electron chi connectivity index (χ0n) is 11.3. The Bertz CT molecular complexity index is 236. The van der Waals surface area contributed by atoms with E-state index in [0.717, 1.165) is 19.3 Å². The van der Waals surface area contributed by atoms with Crippen LogP contribution in [0.4, 0.5) is 0 Å². The molecule has 0 saturated heterocycles. The molecule has 3 N–H and O–H groups in total. The van der Waals surface area contributed by atoms with Gasteiger partial charge < -0.3 is 20.5 Å². The highest BCUT2D eigenvalue weighted by Gasteiger charge is 2.25. The van der Waals surface area contributed by atoms with Gasteiger partial charge in [0.05, 0.1) is 6.10 Å². The van der Waals surface area contributed by atoms with Crippen molar-refractivity contribution in [2.45, 2.75) is 38.2 Å². The highest BCUT2D eigenvalue weighted by Crippen LogP contribution is 2.25. The molecule has 5 heteroatoms. The summed E-state index contributed by atoms with van der Waals surface area (Å²) >= 11 is 0. The average Bonchev–Trinajstić information content (AvgIpc) is 2.41. The third-order valence-electron chi connectivity index (χ3n) is 3.42. The summed E-state index contributed by atoms with van der Waals surface area (Å²) < 4.78 is 10.6. The molecule has 0 bridgehead atoms. The topological polar surface area (TPSA) is 73.6 Å². The van der Waals surface area contributed by atoms with Crippen LogP contribution in [0, 0.1) is 5.92 Å². The van der Waals surface area contributed by atoms with Crippen molar-refractivity contribution in [1.82, 2.24) is 5.32 Å². The summed E-state index contributed by atoms with van der Waals surface area (Å²) in [6.45, 7) is 2.11. The lowest BCUT2D eigenvalue weighted by Crippen LogP contribution is -2.37. The number of amides is 1. The average molecular weight is 258 g/mol. The van der Waals surface area contributed by atoms with Gasteiger partial charge >= 0.3 is 0 Å². The Morgan fingerprint density at radius 2 is 2.17 bits per heavy atom. The quantitative estimate of drug-likeness (QED) is 0.628. The minimum Gasteiger partial charge on any atom is -0.385 e. The predicted molar refractivity (Wildman–Crippen MR) is 70.3 cm³/mol. The number of carbonyl (C=O) groups is 1. The lowest BCUT2D eigenvalue weighted by atomic mass is 9.86. The molecule has 2 atom stereocenters. The van der Waals surface area contributed by atoms with Crippen LogP contribution in [0.2, 0.25) is 0 Å². The molecule has 0 aromatic heterocycles. The molecule has 1 saturated carbocycles. The fourth-order valence-corrected chi connectivity index (χ4v) is 2.34. The van der Waals surface area contributed by atoms with Crippen molar-refractivity contribution in [2.24, 2.45) is 11.7 Å². The van der Waals surface area contributed by atoms with Crippen LogP contribution in [0.5, 0.6) is 0 Å². The zero-order chi connectivity index (χ0) is 13.2. The van der Waals surface area contributed by atoms with E-state index in [9.17, 15) is 4.79 Å². The van der Waals surface area contributed by atoms with E-state index in [1.165, 1.54) is 12.8 Å². The molecule has 1 aliphatic rings. The second-order valence-corrected chi connectivity index (χ2v) is 4.83. The molecular weight excluding hydrogens is 232 g/mol. The van der Waals surface area contributed by atoms with Gasteiger partial charge in [0.15, 0.2) is 0 Å². The summed E-state index contributed by atoms with van der Waals surface area (Å²) in [7, 11) is 1.65. The molecule has 1 aliphatic carbocycles. The predicted octanol–water partition coefficient (Wildman–Crippen LogP) is 0.673. The van der Waals surface area contributed by atoms with Gasteiger partial charge in [-0.2, -0.15) is 0 Å². The van der Waals surface area contributed by atoms with Crippen molar-refractivity contribution in [3.05, 3.63) is 0 Å². The molecule has 0 aliphatic heterocycles. The summed E-state index contributed by atoms with van der Waals surface area (Å²) in [4.78, 5) is 11.5. The Kier molecular flexibility index (Phi) is 7.96. The summed E-state index contributed by atoms with van der Waals surface area (Å²) in [5, 5.41) is 2.81. The van der Waals surface area contributed by atoms with Crippen LogP contribution in [0.1, 0.15) is 32.1 Å². The molecule has 0 heterocycles. The van der Waals surface area contributed by atoms with Crippen LogP contribution >= 0.6 is 0 Å². The van der Waals surface area contributed by atoms with Crippen molar-refractivity contribution >= 4 is 5.91 Å². The van der Waals surface area contributed by atoms with Gasteiger partial charge in [0.1, 0.15) is 6.61 Å². The van der Waals surface area contributed by atoms with Gasteiger partial charge in [-0.25, -0.2) is 0 Å². The lowest BCUT2D eigenvalue weighted by molar-refractivity contribution is -0.129.